The zero-order chi connectivity index (χ0) is 21.6. The van der Waals surface area contributed by atoms with Gasteiger partial charge in [0.25, 0.3) is 0 Å². The molecule has 0 radical (unpaired) electrons. The molecule has 0 N–H and O–H groups in total. The summed E-state index contributed by atoms with van der Waals surface area (Å²) in [5.41, 5.74) is 2.68. The van der Waals surface area contributed by atoms with Crippen molar-refractivity contribution in [3.8, 4) is 0 Å². The van der Waals surface area contributed by atoms with E-state index in [4.69, 9.17) is 0 Å². The minimum absolute atomic E-state index is 0.362. The molecule has 0 spiro atoms. The molecule has 1 aliphatic heterocycles. The molecular formula is C28H28N2P2. The van der Waals surface area contributed by atoms with Crippen LogP contribution in [-0.2, 0) is 0 Å². The van der Waals surface area contributed by atoms with Crippen molar-refractivity contribution in [2.24, 2.45) is 0 Å². The second-order valence-corrected chi connectivity index (χ2v) is 12.4. The van der Waals surface area contributed by atoms with Crippen molar-refractivity contribution in [1.82, 2.24) is 0 Å². The van der Waals surface area contributed by atoms with Crippen LogP contribution in [-0.4, -0.2) is 25.1 Å². The van der Waals surface area contributed by atoms with E-state index in [1.807, 2.05) is 0 Å². The second-order valence-electron chi connectivity index (χ2n) is 8.07. The van der Waals surface area contributed by atoms with Crippen molar-refractivity contribution in [2.45, 2.75) is 0 Å². The Morgan fingerprint density at radius 2 is 0.656 bits per heavy atom. The number of hydrogen-bond donors (Lipinski definition) is 0. The van der Waals surface area contributed by atoms with E-state index in [0.29, 0.717) is 0 Å². The van der Waals surface area contributed by atoms with Gasteiger partial charge in [0.2, 0.25) is 0 Å². The van der Waals surface area contributed by atoms with Gasteiger partial charge in [0, 0.05) is 36.5 Å². The smallest absolute Gasteiger partial charge is 0.0438 e. The average Bonchev–Trinajstić information content (AvgIpc) is 2.86. The van der Waals surface area contributed by atoms with E-state index in [9.17, 15) is 0 Å². The van der Waals surface area contributed by atoms with E-state index in [2.05, 4.69) is 131 Å². The molecule has 1 saturated heterocycles. The van der Waals surface area contributed by atoms with Crippen LogP contribution >= 0.6 is 15.8 Å². The minimum atomic E-state index is -0.362. The van der Waals surface area contributed by atoms with Gasteiger partial charge in [-0.1, -0.05) is 97.1 Å². The van der Waals surface area contributed by atoms with E-state index in [0.717, 1.165) is 25.1 Å². The van der Waals surface area contributed by atoms with E-state index < -0.39 is 0 Å². The van der Waals surface area contributed by atoms with Gasteiger partial charge in [0.15, 0.2) is 0 Å². The molecule has 1 heterocycles. The summed E-state index contributed by atoms with van der Waals surface area (Å²) in [7, 11) is -0.724. The molecule has 1 fully saturated rings. The number of benzene rings is 4. The lowest BCUT2D eigenvalue weighted by atomic mass is 10.3. The molecule has 1 aliphatic rings. The number of rotatable bonds is 4. The van der Waals surface area contributed by atoms with Crippen molar-refractivity contribution < 1.29 is 0 Å². The lowest BCUT2D eigenvalue weighted by Gasteiger charge is -2.41. The highest BCUT2D eigenvalue weighted by Crippen LogP contribution is 2.47. The number of para-hydroxylation sites is 2. The first-order valence-electron chi connectivity index (χ1n) is 11.1. The second kappa shape index (κ2) is 10.3. The van der Waals surface area contributed by atoms with Crippen LogP contribution in [0, 0.1) is 0 Å². The fourth-order valence-electron chi connectivity index (χ4n) is 4.21. The fraction of sp³-hybridized carbons (Fsp3) is 0.143. The van der Waals surface area contributed by atoms with Crippen LogP contribution in [0.15, 0.2) is 121 Å². The third-order valence-electron chi connectivity index (χ3n) is 5.85. The third kappa shape index (κ3) is 5.04. The average molecular weight is 454 g/mol. The zero-order valence-electron chi connectivity index (χ0n) is 18.2. The van der Waals surface area contributed by atoms with Gasteiger partial charge in [-0.3, -0.25) is 0 Å². The zero-order valence-corrected chi connectivity index (χ0v) is 20.0. The summed E-state index contributed by atoms with van der Waals surface area (Å²) in [6.45, 7) is 0. The summed E-state index contributed by atoms with van der Waals surface area (Å²) in [6, 6.07) is 44.3. The maximum absolute atomic E-state index is 2.65. The van der Waals surface area contributed by atoms with Crippen molar-refractivity contribution in [1.29, 1.82) is 0 Å². The quantitative estimate of drug-likeness (QED) is 0.327. The van der Waals surface area contributed by atoms with Crippen molar-refractivity contribution in [3.63, 3.8) is 0 Å². The van der Waals surface area contributed by atoms with E-state index >= 15 is 0 Å². The molecule has 0 aromatic heterocycles. The highest BCUT2D eigenvalue weighted by molar-refractivity contribution is 7.67. The standard InChI is InChI=1S/C28H28N2P2/c1-5-13-25(14-6-1)29-21-31(27-17-9-3-10-18-27)23-30(26-15-7-2-8-16-26)24-32(22-29)28-19-11-4-12-20-28/h1-20H,21-24H2. The molecule has 4 aromatic rings. The van der Waals surface area contributed by atoms with Crippen LogP contribution in [0.3, 0.4) is 0 Å². The van der Waals surface area contributed by atoms with Gasteiger partial charge in [0.1, 0.15) is 0 Å². The molecular weight excluding hydrogens is 426 g/mol. The molecule has 0 aliphatic carbocycles. The number of anilines is 2. The van der Waals surface area contributed by atoms with Gasteiger partial charge in [-0.05, 0) is 50.7 Å². The summed E-state index contributed by atoms with van der Waals surface area (Å²) < 4.78 is 0. The molecule has 4 aromatic carbocycles. The van der Waals surface area contributed by atoms with Crippen LogP contribution in [0.2, 0.25) is 0 Å². The van der Waals surface area contributed by atoms with Crippen LogP contribution in [0.25, 0.3) is 0 Å². The molecule has 32 heavy (non-hydrogen) atoms. The van der Waals surface area contributed by atoms with Crippen molar-refractivity contribution in [2.75, 3.05) is 34.9 Å². The Balaban J connectivity index is 1.55. The molecule has 160 valence electrons. The fourth-order valence-corrected chi connectivity index (χ4v) is 9.25. The topological polar surface area (TPSA) is 6.48 Å². The monoisotopic (exact) mass is 454 g/mol. The van der Waals surface area contributed by atoms with Crippen molar-refractivity contribution in [3.05, 3.63) is 121 Å². The van der Waals surface area contributed by atoms with E-state index in [1.165, 1.54) is 22.0 Å². The van der Waals surface area contributed by atoms with Crippen LogP contribution < -0.4 is 20.4 Å². The first-order chi connectivity index (χ1) is 15.9. The molecule has 5 rings (SSSR count). The van der Waals surface area contributed by atoms with Gasteiger partial charge in [-0.15, -0.1) is 0 Å². The van der Waals surface area contributed by atoms with Crippen LogP contribution in [0.1, 0.15) is 0 Å². The Morgan fingerprint density at radius 3 is 0.969 bits per heavy atom. The lowest BCUT2D eigenvalue weighted by molar-refractivity contribution is 0.985. The predicted molar refractivity (Wildman–Crippen MR) is 143 cm³/mol. The van der Waals surface area contributed by atoms with Gasteiger partial charge >= 0.3 is 0 Å². The largest absolute Gasteiger partial charge is 0.363 e. The summed E-state index contributed by atoms with van der Waals surface area (Å²) in [5, 5.41) is 2.96. The summed E-state index contributed by atoms with van der Waals surface area (Å²) in [5.74, 6) is 0. The Morgan fingerprint density at radius 1 is 0.375 bits per heavy atom. The maximum Gasteiger partial charge on any atom is 0.0438 e. The molecule has 4 heteroatoms. The first-order valence-corrected chi connectivity index (χ1v) is 14.5. The SMILES string of the molecule is c1ccc(N2CP(c3ccccc3)CN(c3ccccc3)CP(c3ccccc3)C2)cc1. The Bertz CT molecular complexity index is 901. The Hall–Kier alpha value is -2.66. The Kier molecular flexibility index (Phi) is 6.83. The summed E-state index contributed by atoms with van der Waals surface area (Å²) in [4.78, 5) is 5.31. The molecule has 0 atom stereocenters. The highest BCUT2D eigenvalue weighted by atomic mass is 31.1. The van der Waals surface area contributed by atoms with Gasteiger partial charge in [0.05, 0.1) is 0 Å². The molecule has 0 amide bonds. The van der Waals surface area contributed by atoms with Crippen LogP contribution in [0.4, 0.5) is 11.4 Å². The highest BCUT2D eigenvalue weighted by Gasteiger charge is 2.28. The van der Waals surface area contributed by atoms with Gasteiger partial charge < -0.3 is 9.80 Å². The normalized spacial score (nSPS) is 19.2. The molecule has 0 saturated carbocycles. The van der Waals surface area contributed by atoms with Gasteiger partial charge in [-0.2, -0.15) is 0 Å². The van der Waals surface area contributed by atoms with Gasteiger partial charge in [-0.25, -0.2) is 0 Å². The van der Waals surface area contributed by atoms with Crippen LogP contribution in [0.5, 0.6) is 0 Å². The molecule has 0 bridgehead atoms. The lowest BCUT2D eigenvalue weighted by Crippen LogP contribution is -2.38. The first kappa shape index (κ1) is 21.2. The summed E-state index contributed by atoms with van der Waals surface area (Å²) >= 11 is 0. The number of nitrogens with zero attached hydrogens (tertiary/aromatic N) is 2. The van der Waals surface area contributed by atoms with Crippen molar-refractivity contribution >= 4 is 37.8 Å². The summed E-state index contributed by atoms with van der Waals surface area (Å²) in [6.07, 6.45) is 4.33. The number of hydrogen-bond acceptors (Lipinski definition) is 2. The maximum atomic E-state index is 2.65. The minimum Gasteiger partial charge on any atom is -0.363 e. The van der Waals surface area contributed by atoms with E-state index in [1.54, 1.807) is 0 Å². The van der Waals surface area contributed by atoms with E-state index in [-0.39, 0.29) is 15.8 Å². The third-order valence-corrected chi connectivity index (χ3v) is 10.6. The molecule has 0 unspecified atom stereocenters. The molecule has 2 nitrogen and oxygen atoms in total. The predicted octanol–water partition coefficient (Wildman–Crippen LogP) is 6.46. The Labute approximate surface area is 194 Å².